The quantitative estimate of drug-likeness (QED) is 0.00737. The number of fused-ring (bicyclic) bond motifs is 3. The summed E-state index contributed by atoms with van der Waals surface area (Å²) in [7, 11) is -19.1. The summed E-state index contributed by atoms with van der Waals surface area (Å²) in [5.41, 5.74) is 12.0. The van der Waals surface area contributed by atoms with Gasteiger partial charge in [-0.2, -0.15) is 17.0 Å². The van der Waals surface area contributed by atoms with Crippen molar-refractivity contribution in [3.63, 3.8) is 0 Å². The van der Waals surface area contributed by atoms with Crippen molar-refractivity contribution in [3.05, 3.63) is 107 Å². The standard InChI is InChI=1S/C68H92N11O26P3S3/c1-7-77-49-25-23-41(2)32-44(49)67(3,4)53(77)19-11-8-12-20-54-68(5,6)45-33-43(111(99,100)101)24-26-50(45)78(54)30-16-10-14-22-57(83)75-48(64(88)71-28-15-9-13-21-56(82)74-46(34-59(84)85)65(89)76-47(66(90)91)35-60(86)87)39-110-109-31-27-55(81)70-29-17-18-42-37-79(63-61(42)62(69)72-40-73-63)58-36-51(80)52(103-58)38-102-107(95,96)105-108(97,98)104-106(92,93)94/h8,11-12,19-20,23-26,32-33,37,40,46-48,51-53,58,80H,7,9-10,13-16,21-22,27-31,34-36,38-39H2,1-6H3,(H,70,81)(H,71,88)(H,74,82)(H,75,83)(H,76,89)(H,84,85)(H,86,87)(H,90,91)(H,95,96)(H,97,98)(H2,69,72,73)(H2,92,93,94)(H,99,100,101)/p+1/b12-8+,19-11+,54-20+/t46?,47?,48?,51-,52-,53?,58-/m1/s1. The van der Waals surface area contributed by atoms with Crippen LogP contribution in [0.4, 0.5) is 17.2 Å². The van der Waals surface area contributed by atoms with Gasteiger partial charge in [-0.25, -0.2) is 28.5 Å². The molecule has 0 aliphatic carbocycles. The average Bonchev–Trinajstić information content (AvgIpc) is 1.59. The van der Waals surface area contributed by atoms with Crippen molar-refractivity contribution in [2.75, 3.05) is 54.9 Å². The lowest BCUT2D eigenvalue weighted by molar-refractivity contribution is -0.848. The molecule has 0 bridgehead atoms. The SMILES string of the molecule is CC[NH+]1c2ccc(C)cc2C(C)(C)C1/C=C/C=C/C=C1/N(CCCCCC(=O)NC(CSSCCC(=O)NCC#Cc2cn([C@H]3C[C@@H](O)[C@@H](COP(=O)(O)OP(=O)(O)OP(=O)(O)O)O3)c3ncnc(N)c23)C(=O)NCCCCCC(=O)NC(CC(=O)O)C(=O)NC(CC(=O)O)C(=O)O)c2ccc(S(=O)(=O)O)cc2C1(C)C. The van der Waals surface area contributed by atoms with E-state index in [1.165, 1.54) is 66.2 Å². The molecule has 4 aromatic rings. The van der Waals surface area contributed by atoms with E-state index >= 15 is 0 Å². The molecule has 2 aromatic carbocycles. The second-order valence-corrected chi connectivity index (χ2v) is 35.8. The second-order valence-electron chi connectivity index (χ2n) is 27.3. The number of ether oxygens (including phenoxy) is 1. The van der Waals surface area contributed by atoms with E-state index in [1.807, 2.05) is 37.4 Å². The van der Waals surface area contributed by atoms with Crippen LogP contribution in [0.5, 0.6) is 0 Å². The lowest BCUT2D eigenvalue weighted by Crippen LogP contribution is -3.10. The number of nitrogen functional groups attached to an aromatic ring is 1. The maximum Gasteiger partial charge on any atom is 0.490 e. The molecule has 3 aliphatic heterocycles. The summed E-state index contributed by atoms with van der Waals surface area (Å²) in [6.07, 6.45) is 9.10. The first-order valence-corrected chi connectivity index (χ1v) is 43.5. The minimum atomic E-state index is -5.82. The zero-order valence-corrected chi connectivity index (χ0v) is 66.5. The highest BCUT2D eigenvalue weighted by Crippen LogP contribution is 2.66. The van der Waals surface area contributed by atoms with Gasteiger partial charge >= 0.3 is 41.4 Å². The van der Waals surface area contributed by atoms with Crippen molar-refractivity contribution in [1.29, 1.82) is 0 Å². The number of benzene rings is 2. The van der Waals surface area contributed by atoms with Gasteiger partial charge in [0.05, 0.1) is 59.9 Å². The number of aliphatic carboxylic acids is 3. The zero-order chi connectivity index (χ0) is 82.0. The number of nitrogens with zero attached hydrogens (tertiary/aromatic N) is 4. The summed E-state index contributed by atoms with van der Waals surface area (Å²) in [5, 5.41) is 51.3. The molecule has 2 aromatic heterocycles. The number of carboxylic acids is 3. The van der Waals surface area contributed by atoms with E-state index in [1.54, 1.807) is 6.07 Å². The van der Waals surface area contributed by atoms with Crippen LogP contribution in [0.15, 0.2) is 89.9 Å². The molecule has 5 heterocycles. The van der Waals surface area contributed by atoms with Gasteiger partial charge < -0.3 is 86.5 Å². The molecule has 3 aliphatic rings. The number of aliphatic hydroxyl groups is 1. The van der Waals surface area contributed by atoms with Gasteiger partial charge in [-0.05, 0) is 101 Å². The molecule has 0 saturated carbocycles. The number of anilines is 2. The molecule has 43 heteroatoms. The van der Waals surface area contributed by atoms with Crippen LogP contribution >= 0.6 is 45.1 Å². The lowest BCUT2D eigenvalue weighted by atomic mass is 9.80. The number of nitrogens with one attached hydrogen (secondary N) is 6. The maximum atomic E-state index is 13.9. The van der Waals surface area contributed by atoms with Crippen LogP contribution in [-0.2, 0) is 90.9 Å². The Kier molecular flexibility index (Phi) is 32.3. The van der Waals surface area contributed by atoms with Gasteiger partial charge in [0.15, 0.2) is 0 Å². The highest BCUT2D eigenvalue weighted by molar-refractivity contribution is 8.76. The Morgan fingerprint density at radius 1 is 0.793 bits per heavy atom. The molecule has 608 valence electrons. The fourth-order valence-electron chi connectivity index (χ4n) is 13.0. The first kappa shape index (κ1) is 90.3. The van der Waals surface area contributed by atoms with E-state index in [-0.39, 0.29) is 95.5 Å². The van der Waals surface area contributed by atoms with Crippen molar-refractivity contribution in [3.8, 4) is 11.8 Å². The Bertz CT molecular complexity index is 4540. The van der Waals surface area contributed by atoms with E-state index in [9.17, 15) is 90.1 Å². The van der Waals surface area contributed by atoms with E-state index in [4.69, 9.17) is 25.4 Å². The predicted octanol–water partition coefficient (Wildman–Crippen LogP) is 4.22. The average molecular weight is 1670 g/mol. The number of aromatic nitrogens is 3. The number of unbranched alkanes of at least 4 members (excludes halogenated alkanes) is 4. The van der Waals surface area contributed by atoms with E-state index in [0.29, 0.717) is 44.2 Å². The summed E-state index contributed by atoms with van der Waals surface area (Å²) in [5.74, 6) is -2.11. The molecule has 7 rings (SSSR count). The number of rotatable bonds is 42. The number of carbonyl (C=O) groups excluding carboxylic acids is 5. The van der Waals surface area contributed by atoms with Crippen molar-refractivity contribution >= 4 is 131 Å². The van der Waals surface area contributed by atoms with Gasteiger partial charge in [0.1, 0.15) is 60.0 Å². The number of carboxylic acid groups (broad SMARTS) is 3. The van der Waals surface area contributed by atoms with Gasteiger partial charge in [-0.15, -0.1) is 0 Å². The molecule has 111 heavy (non-hydrogen) atoms. The normalized spacial score (nSPS) is 20.1. The van der Waals surface area contributed by atoms with Gasteiger partial charge in [0.2, 0.25) is 29.5 Å². The van der Waals surface area contributed by atoms with Crippen LogP contribution in [0.25, 0.3) is 11.0 Å². The first-order chi connectivity index (χ1) is 52.0. The molecular weight excluding hydrogens is 1580 g/mol. The number of quaternary nitrogens is 1. The van der Waals surface area contributed by atoms with Gasteiger partial charge in [-0.3, -0.25) is 47.5 Å². The number of hydrogen-bond donors (Lipinski definition) is 16. The van der Waals surface area contributed by atoms with Gasteiger partial charge in [0.25, 0.3) is 10.1 Å². The number of aliphatic hydroxyl groups excluding tert-OH is 1. The Morgan fingerprint density at radius 2 is 1.47 bits per heavy atom. The summed E-state index contributed by atoms with van der Waals surface area (Å²) < 4.78 is 89.3. The van der Waals surface area contributed by atoms with Gasteiger partial charge in [-0.1, -0.05) is 90.0 Å². The monoisotopic (exact) mass is 1670 g/mol. The largest absolute Gasteiger partial charge is 0.490 e. The van der Waals surface area contributed by atoms with Gasteiger partial charge in [0, 0.05) is 78.8 Å². The maximum absolute atomic E-state index is 13.9. The molecule has 17 N–H and O–H groups in total. The lowest BCUT2D eigenvalue weighted by Gasteiger charge is -2.27. The number of phosphoric acid groups is 3. The predicted molar refractivity (Wildman–Crippen MR) is 406 cm³/mol. The number of amides is 5. The molecule has 1 saturated heterocycles. The second kappa shape index (κ2) is 39.7. The summed E-state index contributed by atoms with van der Waals surface area (Å²) in [4.78, 5) is 149. The Hall–Kier alpha value is -7.90. The molecule has 0 spiro atoms. The molecule has 10 atom stereocenters. The van der Waals surface area contributed by atoms with Crippen LogP contribution < -0.4 is 42.1 Å². The van der Waals surface area contributed by atoms with Crippen LogP contribution in [0.1, 0.15) is 140 Å². The number of allylic oxidation sites excluding steroid dienone is 5. The number of hydrogen-bond acceptors (Lipinski definition) is 24. The minimum Gasteiger partial charge on any atom is -0.481 e. The summed E-state index contributed by atoms with van der Waals surface area (Å²) >= 11 is 0. The number of phosphoric ester groups is 1. The van der Waals surface area contributed by atoms with Crippen molar-refractivity contribution in [2.24, 2.45) is 0 Å². The minimum absolute atomic E-state index is 0.00603. The molecule has 0 radical (unpaired) electrons. The first-order valence-electron chi connectivity index (χ1n) is 35.0. The molecule has 1 fully saturated rings. The highest BCUT2D eigenvalue weighted by atomic mass is 33.1. The Balaban J connectivity index is 0.940. The third-order valence-electron chi connectivity index (χ3n) is 18.3. The Labute approximate surface area is 647 Å². The van der Waals surface area contributed by atoms with Crippen molar-refractivity contribution in [1.82, 2.24) is 41.1 Å². The summed E-state index contributed by atoms with van der Waals surface area (Å²) in [6, 6.07) is 6.62. The Morgan fingerprint density at radius 3 is 2.13 bits per heavy atom. The highest BCUT2D eigenvalue weighted by Gasteiger charge is 2.48. The van der Waals surface area contributed by atoms with Crippen LogP contribution in [0, 0.1) is 18.8 Å². The number of carbonyl (C=O) groups is 8. The molecule has 7 unspecified atom stereocenters. The van der Waals surface area contributed by atoms with E-state index in [2.05, 4.69) is 119 Å². The smallest absolute Gasteiger partial charge is 0.481 e. The number of nitrogens with two attached hydrogens (primary N) is 1. The van der Waals surface area contributed by atoms with Crippen LogP contribution in [0.2, 0.25) is 0 Å². The number of aryl methyl sites for hydroxylation is 1. The summed E-state index contributed by atoms with van der Waals surface area (Å²) in [6.45, 7) is 13.1. The molecule has 37 nitrogen and oxygen atoms in total. The third kappa shape index (κ3) is 26.1. The topological polar surface area (TPSA) is 565 Å². The fraction of sp³-hybridized carbons (Fsp3) is 0.500. The molecule has 5 amide bonds. The van der Waals surface area contributed by atoms with Crippen LogP contribution in [-0.4, -0.2) is 196 Å². The fourth-order valence-corrected chi connectivity index (χ4v) is 18.7. The number of likely N-dealkylation sites (N-methyl/N-ethyl adjacent to an activating group) is 1. The van der Waals surface area contributed by atoms with E-state index < -0.39 is 142 Å². The molecular formula is C68H93N11O26P3S3+. The zero-order valence-electron chi connectivity index (χ0n) is 61.4. The van der Waals surface area contributed by atoms with Crippen molar-refractivity contribution in [2.45, 2.75) is 177 Å². The third-order valence-corrected chi connectivity index (χ3v) is 25.4. The van der Waals surface area contributed by atoms with Crippen LogP contribution in [0.3, 0.4) is 0 Å². The van der Waals surface area contributed by atoms with E-state index in [0.717, 1.165) is 24.3 Å². The van der Waals surface area contributed by atoms with Crippen molar-refractivity contribution < 1.29 is 128 Å².